The number of amides is 1. The van der Waals surface area contributed by atoms with Crippen LogP contribution in [0.15, 0.2) is 41.3 Å². The van der Waals surface area contributed by atoms with Gasteiger partial charge in [0.1, 0.15) is 5.82 Å². The van der Waals surface area contributed by atoms with Crippen molar-refractivity contribution >= 4 is 27.3 Å². The molecule has 0 saturated heterocycles. The summed E-state index contributed by atoms with van der Waals surface area (Å²) in [7, 11) is -2.84. The zero-order valence-corrected chi connectivity index (χ0v) is 15.9. The highest BCUT2D eigenvalue weighted by Gasteiger charge is 2.22. The Morgan fingerprint density at radius 1 is 1.25 bits per heavy atom. The summed E-state index contributed by atoms with van der Waals surface area (Å²) in [5.74, 6) is -1.10. The van der Waals surface area contributed by atoms with Gasteiger partial charge in [0.2, 0.25) is 15.9 Å². The second-order valence-electron chi connectivity index (χ2n) is 5.75. The average Bonchev–Trinajstić information content (AvgIpc) is 2.63. The summed E-state index contributed by atoms with van der Waals surface area (Å²) >= 11 is 0. The van der Waals surface area contributed by atoms with Crippen molar-refractivity contribution in [3.05, 3.63) is 57.9 Å². The smallest absolute Gasteiger partial charge is 0.312 e. The Kier molecular flexibility index (Phi) is 6.65. The van der Waals surface area contributed by atoms with Crippen LogP contribution in [0.3, 0.4) is 0 Å². The van der Waals surface area contributed by atoms with Crippen LogP contribution in [0.25, 0.3) is 0 Å². The number of aryl methyl sites for hydroxylation is 1. The number of hydrogen-bond acceptors (Lipinski definition) is 6. The molecule has 0 saturated carbocycles. The summed E-state index contributed by atoms with van der Waals surface area (Å²) in [6.45, 7) is 1.44. The first-order chi connectivity index (χ1) is 13.1. The number of sulfonamides is 1. The molecule has 28 heavy (non-hydrogen) atoms. The molecular formula is C17H18FN3O6S. The van der Waals surface area contributed by atoms with E-state index in [0.29, 0.717) is 11.3 Å². The molecule has 1 amide bonds. The molecule has 0 bridgehead atoms. The molecule has 11 heteroatoms. The van der Waals surface area contributed by atoms with E-state index in [1.165, 1.54) is 25.3 Å². The zero-order chi connectivity index (χ0) is 20.9. The van der Waals surface area contributed by atoms with E-state index in [2.05, 4.69) is 10.0 Å². The minimum absolute atomic E-state index is 0.0752. The third-order valence-corrected chi connectivity index (χ3v) is 5.23. The van der Waals surface area contributed by atoms with Gasteiger partial charge < -0.3 is 10.1 Å². The largest absolute Gasteiger partial charge is 0.490 e. The van der Waals surface area contributed by atoms with E-state index in [1.54, 1.807) is 6.92 Å². The number of hydrogen-bond donors (Lipinski definition) is 2. The van der Waals surface area contributed by atoms with Crippen LogP contribution in [0, 0.1) is 22.9 Å². The highest BCUT2D eigenvalue weighted by atomic mass is 32.2. The fourth-order valence-corrected chi connectivity index (χ4v) is 3.35. The van der Waals surface area contributed by atoms with Crippen molar-refractivity contribution in [3.8, 4) is 5.75 Å². The summed E-state index contributed by atoms with van der Waals surface area (Å²) in [4.78, 5) is 21.9. The van der Waals surface area contributed by atoms with Gasteiger partial charge in [-0.15, -0.1) is 0 Å². The lowest BCUT2D eigenvalue weighted by Crippen LogP contribution is -2.28. The third-order valence-electron chi connectivity index (χ3n) is 3.78. The Labute approximate surface area is 160 Å². The number of methoxy groups -OCH3 is 1. The van der Waals surface area contributed by atoms with Crippen LogP contribution in [-0.2, 0) is 14.8 Å². The van der Waals surface area contributed by atoms with Gasteiger partial charge >= 0.3 is 5.69 Å². The van der Waals surface area contributed by atoms with E-state index in [-0.39, 0.29) is 23.6 Å². The number of benzene rings is 2. The monoisotopic (exact) mass is 411 g/mol. The molecule has 0 fully saturated rings. The summed E-state index contributed by atoms with van der Waals surface area (Å²) in [6.07, 6.45) is -0.215. The first kappa shape index (κ1) is 21.3. The minimum atomic E-state index is -4.07. The van der Waals surface area contributed by atoms with Crippen LogP contribution in [0.5, 0.6) is 5.75 Å². The van der Waals surface area contributed by atoms with Crippen LogP contribution in [-0.4, -0.2) is 32.9 Å². The van der Waals surface area contributed by atoms with E-state index in [0.717, 1.165) is 18.2 Å². The van der Waals surface area contributed by atoms with Crippen LogP contribution < -0.4 is 14.8 Å². The van der Waals surface area contributed by atoms with Crippen molar-refractivity contribution in [3.63, 3.8) is 0 Å². The van der Waals surface area contributed by atoms with Gasteiger partial charge in [-0.25, -0.2) is 17.5 Å². The maximum absolute atomic E-state index is 13.2. The lowest BCUT2D eigenvalue weighted by molar-refractivity contribution is -0.386. The summed E-state index contributed by atoms with van der Waals surface area (Å²) < 4.78 is 44.8. The van der Waals surface area contributed by atoms with Crippen molar-refractivity contribution in [2.75, 3.05) is 19.0 Å². The van der Waals surface area contributed by atoms with Crippen molar-refractivity contribution in [1.29, 1.82) is 0 Å². The predicted octanol–water partition coefficient (Wildman–Crippen LogP) is 2.36. The number of carbonyl (C=O) groups excluding carboxylic acids is 1. The van der Waals surface area contributed by atoms with Gasteiger partial charge in [-0.05, 0) is 36.8 Å². The van der Waals surface area contributed by atoms with Gasteiger partial charge in [0.15, 0.2) is 5.75 Å². The minimum Gasteiger partial charge on any atom is -0.490 e. The second-order valence-corrected chi connectivity index (χ2v) is 7.51. The molecule has 0 unspecified atom stereocenters. The van der Waals surface area contributed by atoms with E-state index in [9.17, 15) is 27.7 Å². The number of nitrogens with zero attached hydrogens (tertiary/aromatic N) is 1. The van der Waals surface area contributed by atoms with Gasteiger partial charge in [-0.3, -0.25) is 14.9 Å². The number of halogens is 1. The lowest BCUT2D eigenvalue weighted by atomic mass is 10.2. The lowest BCUT2D eigenvalue weighted by Gasteiger charge is -2.10. The Bertz CT molecular complexity index is 1010. The summed E-state index contributed by atoms with van der Waals surface area (Å²) in [6, 6.07) is 7.12. The summed E-state index contributed by atoms with van der Waals surface area (Å²) in [5, 5.41) is 13.5. The molecule has 0 atom stereocenters. The highest BCUT2D eigenvalue weighted by molar-refractivity contribution is 7.89. The molecule has 0 heterocycles. The normalized spacial score (nSPS) is 11.1. The molecule has 2 aromatic carbocycles. The van der Waals surface area contributed by atoms with Crippen LogP contribution in [0.4, 0.5) is 15.8 Å². The molecule has 2 N–H and O–H groups in total. The molecule has 0 radical (unpaired) electrons. The quantitative estimate of drug-likeness (QED) is 0.507. The fraction of sp³-hybridized carbons (Fsp3) is 0.235. The van der Waals surface area contributed by atoms with E-state index < -0.39 is 32.4 Å². The molecule has 9 nitrogen and oxygen atoms in total. The van der Waals surface area contributed by atoms with Crippen molar-refractivity contribution in [2.24, 2.45) is 0 Å². The molecule has 0 aromatic heterocycles. The third kappa shape index (κ3) is 5.24. The SMILES string of the molecule is COc1ccc(S(=O)(=O)NCCC(=O)Nc2cc(F)ccc2C)cc1[N+](=O)[O-]. The molecule has 0 spiro atoms. The number of nitro groups is 1. The maximum atomic E-state index is 13.2. The fourth-order valence-electron chi connectivity index (χ4n) is 2.30. The molecule has 0 aliphatic heterocycles. The van der Waals surface area contributed by atoms with Crippen LogP contribution in [0.2, 0.25) is 0 Å². The van der Waals surface area contributed by atoms with Gasteiger partial charge in [-0.1, -0.05) is 6.07 Å². The zero-order valence-electron chi connectivity index (χ0n) is 15.1. The van der Waals surface area contributed by atoms with Crippen molar-refractivity contribution in [2.45, 2.75) is 18.2 Å². The predicted molar refractivity (Wildman–Crippen MR) is 99.2 cm³/mol. The Morgan fingerprint density at radius 3 is 2.61 bits per heavy atom. The Morgan fingerprint density at radius 2 is 1.96 bits per heavy atom. The Balaban J connectivity index is 2.01. The number of nitro benzene ring substituents is 1. The van der Waals surface area contributed by atoms with E-state index in [1.807, 2.05) is 0 Å². The number of carbonyl (C=O) groups is 1. The molecule has 0 aliphatic carbocycles. The number of anilines is 1. The van der Waals surface area contributed by atoms with Gasteiger partial charge in [0.25, 0.3) is 0 Å². The second kappa shape index (κ2) is 8.76. The standard InChI is InChI=1S/C17H18FN3O6S/c1-11-3-4-12(18)9-14(11)20-17(22)7-8-19-28(25,26)13-5-6-16(27-2)15(10-13)21(23)24/h3-6,9-10,19H,7-8H2,1-2H3,(H,20,22). The van der Waals surface area contributed by atoms with Gasteiger partial charge in [0, 0.05) is 24.7 Å². The molecular weight excluding hydrogens is 393 g/mol. The number of ether oxygens (including phenoxy) is 1. The molecule has 2 rings (SSSR count). The number of nitrogens with one attached hydrogen (secondary N) is 2. The molecule has 0 aliphatic rings. The van der Waals surface area contributed by atoms with Crippen molar-refractivity contribution < 1.29 is 27.3 Å². The van der Waals surface area contributed by atoms with E-state index in [4.69, 9.17) is 4.74 Å². The average molecular weight is 411 g/mol. The van der Waals surface area contributed by atoms with Crippen LogP contribution in [0.1, 0.15) is 12.0 Å². The topological polar surface area (TPSA) is 128 Å². The first-order valence-corrected chi connectivity index (χ1v) is 9.50. The maximum Gasteiger partial charge on any atom is 0.312 e. The van der Waals surface area contributed by atoms with Crippen molar-refractivity contribution in [1.82, 2.24) is 4.72 Å². The molecule has 150 valence electrons. The first-order valence-electron chi connectivity index (χ1n) is 8.02. The van der Waals surface area contributed by atoms with E-state index >= 15 is 0 Å². The Hall–Kier alpha value is -3.05. The number of rotatable bonds is 8. The highest BCUT2D eigenvalue weighted by Crippen LogP contribution is 2.29. The van der Waals surface area contributed by atoms with Gasteiger partial charge in [0.05, 0.1) is 16.9 Å². The summed E-state index contributed by atoms with van der Waals surface area (Å²) in [5.41, 5.74) is 0.448. The van der Waals surface area contributed by atoms with Crippen LogP contribution >= 0.6 is 0 Å². The molecule has 2 aromatic rings. The van der Waals surface area contributed by atoms with Gasteiger partial charge in [-0.2, -0.15) is 0 Å².